The molecule has 0 radical (unpaired) electrons. The third kappa shape index (κ3) is 1.15. The largest absolute Gasteiger partial charge is 0.231 e. The molecule has 0 saturated carbocycles. The number of fused-ring (bicyclic) bond motifs is 3. The van der Waals surface area contributed by atoms with Crippen molar-refractivity contribution in [3.63, 3.8) is 0 Å². The molecular formula is C11H8N4. The van der Waals surface area contributed by atoms with Crippen LogP contribution in [0.2, 0.25) is 0 Å². The monoisotopic (exact) mass is 196 g/mol. The number of aliphatic imine (C=N–C) groups is 1. The van der Waals surface area contributed by atoms with E-state index in [1.807, 2.05) is 12.1 Å². The Labute approximate surface area is 86.1 Å². The van der Waals surface area contributed by atoms with Gasteiger partial charge in [-0.25, -0.2) is 9.98 Å². The Hall–Kier alpha value is -2.10. The summed E-state index contributed by atoms with van der Waals surface area (Å²) in [5.74, 6) is 0.800. The molecule has 2 heterocycles. The quantitative estimate of drug-likeness (QED) is 0.631. The van der Waals surface area contributed by atoms with Gasteiger partial charge in [-0.3, -0.25) is 0 Å². The van der Waals surface area contributed by atoms with Crippen LogP contribution < -0.4 is 10.7 Å². The Morgan fingerprint density at radius 3 is 2.93 bits per heavy atom. The molecule has 0 amide bonds. The first kappa shape index (κ1) is 8.23. The van der Waals surface area contributed by atoms with Gasteiger partial charge < -0.3 is 0 Å². The molecule has 3 rings (SSSR count). The second-order valence-electron chi connectivity index (χ2n) is 3.34. The molecule has 0 saturated heterocycles. The SMILES string of the molecule is C=CCC1=Nc2c3c(ccc2=N1)=NN=C3. The van der Waals surface area contributed by atoms with Gasteiger partial charge >= 0.3 is 0 Å². The molecule has 0 atom stereocenters. The molecule has 0 bridgehead atoms. The van der Waals surface area contributed by atoms with E-state index in [0.717, 1.165) is 27.8 Å². The summed E-state index contributed by atoms with van der Waals surface area (Å²) in [5.41, 5.74) is 1.85. The molecule has 0 aliphatic carbocycles. The van der Waals surface area contributed by atoms with Crippen molar-refractivity contribution in [2.75, 3.05) is 0 Å². The van der Waals surface area contributed by atoms with Gasteiger partial charge in [-0.1, -0.05) is 6.08 Å². The lowest BCUT2D eigenvalue weighted by atomic mass is 10.2. The summed E-state index contributed by atoms with van der Waals surface area (Å²) < 4.78 is 0. The van der Waals surface area contributed by atoms with Crippen molar-refractivity contribution in [3.05, 3.63) is 41.1 Å². The van der Waals surface area contributed by atoms with E-state index in [1.165, 1.54) is 0 Å². The average Bonchev–Trinajstić information content (AvgIpc) is 2.80. The first-order valence-electron chi connectivity index (χ1n) is 4.70. The summed E-state index contributed by atoms with van der Waals surface area (Å²) in [6.45, 7) is 3.67. The van der Waals surface area contributed by atoms with Gasteiger partial charge in [-0.15, -0.1) is 6.58 Å². The van der Waals surface area contributed by atoms with E-state index in [2.05, 4.69) is 26.8 Å². The lowest BCUT2D eigenvalue weighted by Gasteiger charge is -1.92. The Balaban J connectivity index is 2.24. The van der Waals surface area contributed by atoms with Gasteiger partial charge in [0.15, 0.2) is 0 Å². The van der Waals surface area contributed by atoms with E-state index in [1.54, 1.807) is 12.3 Å². The molecule has 2 aliphatic heterocycles. The van der Waals surface area contributed by atoms with Crippen molar-refractivity contribution in [1.82, 2.24) is 0 Å². The second kappa shape index (κ2) is 2.95. The molecule has 2 aliphatic rings. The summed E-state index contributed by atoms with van der Waals surface area (Å²) in [6.07, 6.45) is 4.22. The molecule has 4 nitrogen and oxygen atoms in total. The molecule has 0 N–H and O–H groups in total. The van der Waals surface area contributed by atoms with Crippen LogP contribution in [0.4, 0.5) is 5.69 Å². The summed E-state index contributed by atoms with van der Waals surface area (Å²) in [5, 5.41) is 9.62. The van der Waals surface area contributed by atoms with E-state index in [-0.39, 0.29) is 0 Å². The predicted octanol–water partition coefficient (Wildman–Crippen LogP) is 0.893. The third-order valence-electron chi connectivity index (χ3n) is 2.34. The first-order chi connectivity index (χ1) is 7.38. The highest BCUT2D eigenvalue weighted by Crippen LogP contribution is 2.15. The van der Waals surface area contributed by atoms with Crippen molar-refractivity contribution < 1.29 is 0 Å². The molecule has 0 spiro atoms. The number of rotatable bonds is 2. The van der Waals surface area contributed by atoms with E-state index < -0.39 is 0 Å². The minimum atomic E-state index is 0.692. The molecule has 1 aromatic rings. The normalized spacial score (nSPS) is 15.1. The number of hydrogen-bond acceptors (Lipinski definition) is 4. The van der Waals surface area contributed by atoms with Gasteiger partial charge in [0.05, 0.1) is 22.5 Å². The van der Waals surface area contributed by atoms with Crippen LogP contribution >= 0.6 is 0 Å². The Bertz CT molecular complexity index is 623. The van der Waals surface area contributed by atoms with E-state index in [9.17, 15) is 0 Å². The van der Waals surface area contributed by atoms with Crippen LogP contribution in [0.3, 0.4) is 0 Å². The smallest absolute Gasteiger partial charge is 0.133 e. The Kier molecular flexibility index (Phi) is 1.62. The zero-order chi connectivity index (χ0) is 10.3. The van der Waals surface area contributed by atoms with Crippen LogP contribution in [-0.2, 0) is 0 Å². The lowest BCUT2D eigenvalue weighted by molar-refractivity contribution is 1.18. The topological polar surface area (TPSA) is 49.4 Å². The molecular weight excluding hydrogens is 188 g/mol. The van der Waals surface area contributed by atoms with Crippen LogP contribution in [0.1, 0.15) is 12.0 Å². The van der Waals surface area contributed by atoms with Crippen molar-refractivity contribution in [2.24, 2.45) is 20.2 Å². The zero-order valence-corrected chi connectivity index (χ0v) is 8.01. The van der Waals surface area contributed by atoms with E-state index >= 15 is 0 Å². The number of amidine groups is 1. The fourth-order valence-electron chi connectivity index (χ4n) is 1.67. The summed E-state index contributed by atoms with van der Waals surface area (Å²) in [6, 6.07) is 3.84. The highest BCUT2D eigenvalue weighted by molar-refractivity contribution is 5.95. The van der Waals surface area contributed by atoms with Crippen LogP contribution in [0, 0.1) is 0 Å². The zero-order valence-electron chi connectivity index (χ0n) is 8.01. The van der Waals surface area contributed by atoms with Crippen molar-refractivity contribution in [1.29, 1.82) is 0 Å². The van der Waals surface area contributed by atoms with Gasteiger partial charge in [-0.2, -0.15) is 10.2 Å². The maximum Gasteiger partial charge on any atom is 0.133 e. The van der Waals surface area contributed by atoms with Crippen LogP contribution in [0.25, 0.3) is 0 Å². The van der Waals surface area contributed by atoms with Gasteiger partial charge in [0, 0.05) is 6.42 Å². The third-order valence-corrected chi connectivity index (χ3v) is 2.34. The molecule has 1 aromatic carbocycles. The number of benzene rings is 1. The Morgan fingerprint density at radius 2 is 2.07 bits per heavy atom. The second-order valence-corrected chi connectivity index (χ2v) is 3.34. The highest BCUT2D eigenvalue weighted by atomic mass is 15.2. The minimum Gasteiger partial charge on any atom is -0.231 e. The standard InChI is InChI=1S/C11H8N4/c1-2-3-10-13-9-5-4-8-7(6-12-15-8)11(9)14-10/h2,4-6H,1,3H2. The first-order valence-corrected chi connectivity index (χ1v) is 4.70. The maximum absolute atomic E-state index is 4.44. The van der Waals surface area contributed by atoms with Gasteiger partial charge in [0.2, 0.25) is 0 Å². The molecule has 0 aromatic heterocycles. The van der Waals surface area contributed by atoms with Crippen molar-refractivity contribution in [3.8, 4) is 0 Å². The van der Waals surface area contributed by atoms with Gasteiger partial charge in [0.25, 0.3) is 0 Å². The minimum absolute atomic E-state index is 0.692. The average molecular weight is 196 g/mol. The lowest BCUT2D eigenvalue weighted by Crippen LogP contribution is -2.11. The van der Waals surface area contributed by atoms with Gasteiger partial charge in [-0.05, 0) is 12.1 Å². The van der Waals surface area contributed by atoms with Crippen LogP contribution in [-0.4, -0.2) is 12.1 Å². The van der Waals surface area contributed by atoms with E-state index in [4.69, 9.17) is 0 Å². The van der Waals surface area contributed by atoms with Crippen LogP contribution in [0.5, 0.6) is 0 Å². The van der Waals surface area contributed by atoms with Crippen LogP contribution in [0.15, 0.2) is 45.0 Å². The molecule has 72 valence electrons. The van der Waals surface area contributed by atoms with Gasteiger partial charge in [0.1, 0.15) is 11.5 Å². The summed E-state index contributed by atoms with van der Waals surface area (Å²) in [4.78, 5) is 8.83. The molecule has 0 unspecified atom stereocenters. The molecule has 4 heteroatoms. The summed E-state index contributed by atoms with van der Waals surface area (Å²) in [7, 11) is 0. The fourth-order valence-corrected chi connectivity index (χ4v) is 1.67. The van der Waals surface area contributed by atoms with Crippen molar-refractivity contribution >= 4 is 17.7 Å². The number of hydrogen-bond donors (Lipinski definition) is 0. The predicted molar refractivity (Wildman–Crippen MR) is 58.3 cm³/mol. The highest BCUT2D eigenvalue weighted by Gasteiger charge is 2.14. The maximum atomic E-state index is 4.44. The Morgan fingerprint density at radius 1 is 1.20 bits per heavy atom. The number of nitrogens with zero attached hydrogens (tertiary/aromatic N) is 4. The molecule has 0 fully saturated rings. The fraction of sp³-hybridized carbons (Fsp3) is 0.0909. The van der Waals surface area contributed by atoms with Crippen molar-refractivity contribution in [2.45, 2.75) is 6.42 Å². The molecule has 15 heavy (non-hydrogen) atoms. The van der Waals surface area contributed by atoms with E-state index in [0.29, 0.717) is 6.42 Å². The summed E-state index contributed by atoms with van der Waals surface area (Å²) >= 11 is 0.